The standard InChI is InChI=1S/C9H20O2P.C7H18N/c1-2-3-4-5-6-7-8-9-12(10)11;1-5-8(4,6-2)7-3/h10H,2-9H2,1H3;5-7H2,1-4H3/q-1;+1. The van der Waals surface area contributed by atoms with Crippen LogP contribution in [0.5, 0.6) is 0 Å². The van der Waals surface area contributed by atoms with Crippen LogP contribution in [0.4, 0.5) is 0 Å². The van der Waals surface area contributed by atoms with Crippen LogP contribution in [0.2, 0.25) is 0 Å². The molecule has 1 N–H and O–H groups in total. The van der Waals surface area contributed by atoms with Gasteiger partial charge in [0.25, 0.3) is 0 Å². The highest BCUT2D eigenvalue weighted by Crippen LogP contribution is 2.19. The lowest BCUT2D eigenvalue weighted by Crippen LogP contribution is -2.42. The average molecular weight is 307 g/mol. The van der Waals surface area contributed by atoms with Crippen LogP contribution in [-0.2, 0) is 0 Å². The minimum absolute atomic E-state index is 0.489. The van der Waals surface area contributed by atoms with E-state index in [-0.39, 0.29) is 0 Å². The third-order valence-corrected chi connectivity index (χ3v) is 4.94. The zero-order chi connectivity index (χ0) is 15.9. The van der Waals surface area contributed by atoms with Crippen LogP contribution >= 0.6 is 8.38 Å². The number of hydrogen-bond acceptors (Lipinski definition) is 2. The van der Waals surface area contributed by atoms with E-state index in [0.717, 1.165) is 12.8 Å². The number of quaternary nitrogens is 1. The minimum atomic E-state index is -1.88. The van der Waals surface area contributed by atoms with E-state index in [1.165, 1.54) is 56.2 Å². The lowest BCUT2D eigenvalue weighted by molar-refractivity contribution is -0.904. The van der Waals surface area contributed by atoms with Crippen molar-refractivity contribution in [1.29, 1.82) is 0 Å². The highest BCUT2D eigenvalue weighted by atomic mass is 31.2. The largest absolute Gasteiger partial charge is 0.808 e. The Balaban J connectivity index is 0. The highest BCUT2D eigenvalue weighted by Gasteiger charge is 2.10. The molecule has 0 saturated heterocycles. The van der Waals surface area contributed by atoms with Crippen molar-refractivity contribution >= 4 is 8.38 Å². The van der Waals surface area contributed by atoms with Gasteiger partial charge in [-0.25, -0.2) is 0 Å². The number of unbranched alkanes of at least 4 members (excludes halogenated alkanes) is 6. The summed E-state index contributed by atoms with van der Waals surface area (Å²) in [5, 5.41) is 0. The van der Waals surface area contributed by atoms with E-state index < -0.39 is 8.38 Å². The van der Waals surface area contributed by atoms with Gasteiger partial charge in [-0.05, 0) is 33.4 Å². The van der Waals surface area contributed by atoms with Gasteiger partial charge < -0.3 is 14.3 Å². The van der Waals surface area contributed by atoms with Crippen molar-refractivity contribution in [2.45, 2.75) is 72.6 Å². The fraction of sp³-hybridized carbons (Fsp3) is 1.00. The maximum atomic E-state index is 10.3. The second-order valence-electron chi connectivity index (χ2n) is 5.77. The molecule has 0 heterocycles. The van der Waals surface area contributed by atoms with Crippen LogP contribution in [0.1, 0.15) is 72.6 Å². The maximum absolute atomic E-state index is 10.3. The molecule has 0 radical (unpaired) electrons. The molecule has 0 saturated carbocycles. The summed E-state index contributed by atoms with van der Waals surface area (Å²) in [4.78, 5) is 18.8. The zero-order valence-corrected chi connectivity index (χ0v) is 15.4. The third-order valence-electron chi connectivity index (χ3n) is 4.24. The Morgan fingerprint density at radius 2 is 1.20 bits per heavy atom. The van der Waals surface area contributed by atoms with Crippen LogP contribution in [0.15, 0.2) is 0 Å². The van der Waals surface area contributed by atoms with Gasteiger partial charge in [0.05, 0.1) is 26.7 Å². The van der Waals surface area contributed by atoms with Gasteiger partial charge in [-0.3, -0.25) is 0 Å². The Hall–Kier alpha value is 0.310. The molecule has 0 rings (SSSR count). The summed E-state index contributed by atoms with van der Waals surface area (Å²) in [5.74, 6) is 0. The molecule has 0 aromatic heterocycles. The molecule has 124 valence electrons. The van der Waals surface area contributed by atoms with E-state index in [4.69, 9.17) is 4.89 Å². The molecule has 0 amide bonds. The van der Waals surface area contributed by atoms with Crippen molar-refractivity contribution < 1.29 is 14.3 Å². The second kappa shape index (κ2) is 15.7. The molecule has 0 aromatic rings. The number of nitrogens with zero attached hydrogens (tertiary/aromatic N) is 1. The van der Waals surface area contributed by atoms with Crippen molar-refractivity contribution in [3.63, 3.8) is 0 Å². The molecular formula is C16H38NO2P. The normalized spacial score (nSPS) is 12.8. The van der Waals surface area contributed by atoms with E-state index in [1.807, 2.05) is 0 Å². The number of hydrogen-bond donors (Lipinski definition) is 1. The van der Waals surface area contributed by atoms with E-state index in [2.05, 4.69) is 34.7 Å². The molecular weight excluding hydrogens is 269 g/mol. The van der Waals surface area contributed by atoms with Crippen LogP contribution in [0, 0.1) is 0 Å². The Morgan fingerprint density at radius 3 is 1.50 bits per heavy atom. The maximum Gasteiger partial charge on any atom is 0.0755 e. The molecule has 0 aliphatic heterocycles. The van der Waals surface area contributed by atoms with Gasteiger partial charge in [-0.1, -0.05) is 53.8 Å². The Morgan fingerprint density at radius 1 is 0.800 bits per heavy atom. The first-order valence-corrected chi connectivity index (χ1v) is 9.82. The first-order chi connectivity index (χ1) is 9.45. The fourth-order valence-electron chi connectivity index (χ4n) is 1.87. The van der Waals surface area contributed by atoms with Gasteiger partial charge in [-0.2, -0.15) is 0 Å². The molecule has 1 unspecified atom stereocenters. The smallest absolute Gasteiger partial charge is 0.0755 e. The van der Waals surface area contributed by atoms with E-state index in [9.17, 15) is 4.89 Å². The molecule has 3 nitrogen and oxygen atoms in total. The molecule has 0 aliphatic rings. The second-order valence-corrected chi connectivity index (χ2v) is 6.92. The van der Waals surface area contributed by atoms with Crippen molar-refractivity contribution in [1.82, 2.24) is 0 Å². The van der Waals surface area contributed by atoms with Gasteiger partial charge in [0.1, 0.15) is 0 Å². The van der Waals surface area contributed by atoms with E-state index >= 15 is 0 Å². The summed E-state index contributed by atoms with van der Waals surface area (Å²) < 4.78 is 1.21. The van der Waals surface area contributed by atoms with Crippen molar-refractivity contribution in [2.24, 2.45) is 0 Å². The lowest BCUT2D eigenvalue weighted by atomic mass is 10.1. The van der Waals surface area contributed by atoms with Crippen LogP contribution in [0.25, 0.3) is 0 Å². The first-order valence-electron chi connectivity index (χ1n) is 8.42. The zero-order valence-electron chi connectivity index (χ0n) is 14.5. The van der Waals surface area contributed by atoms with Crippen LogP contribution < -0.4 is 4.89 Å². The lowest BCUT2D eigenvalue weighted by Gasteiger charge is -2.30. The van der Waals surface area contributed by atoms with E-state index in [1.54, 1.807) is 0 Å². The Kier molecular flexibility index (Phi) is 17.7. The Bertz CT molecular complexity index is 177. The van der Waals surface area contributed by atoms with Gasteiger partial charge in [0.15, 0.2) is 0 Å². The van der Waals surface area contributed by atoms with Crippen molar-refractivity contribution in [2.75, 3.05) is 32.8 Å². The predicted molar refractivity (Wildman–Crippen MR) is 89.8 cm³/mol. The third kappa shape index (κ3) is 16.4. The molecule has 0 aromatic carbocycles. The summed E-state index contributed by atoms with van der Waals surface area (Å²) in [7, 11) is 0.414. The van der Waals surface area contributed by atoms with Gasteiger partial charge in [-0.15, -0.1) is 0 Å². The predicted octanol–water partition coefficient (Wildman–Crippen LogP) is 3.89. The molecule has 0 bridgehead atoms. The first kappa shape index (κ1) is 22.6. The summed E-state index contributed by atoms with van der Waals surface area (Å²) in [6, 6.07) is 0. The summed E-state index contributed by atoms with van der Waals surface area (Å²) in [5.41, 5.74) is 0. The highest BCUT2D eigenvalue weighted by molar-refractivity contribution is 7.43. The van der Waals surface area contributed by atoms with Crippen molar-refractivity contribution in [3.8, 4) is 0 Å². The number of rotatable bonds is 11. The molecule has 0 aliphatic carbocycles. The molecule has 4 heteroatoms. The fourth-order valence-corrected chi connectivity index (χ4v) is 2.37. The SMILES string of the molecule is CCCCCCCCCP([O-])O.CC[N+](C)(CC)CC. The van der Waals surface area contributed by atoms with Gasteiger partial charge in [0, 0.05) is 0 Å². The monoisotopic (exact) mass is 307 g/mol. The average Bonchev–Trinajstić information content (AvgIpc) is 2.46. The van der Waals surface area contributed by atoms with E-state index in [0.29, 0.717) is 6.16 Å². The molecule has 0 fully saturated rings. The molecule has 20 heavy (non-hydrogen) atoms. The van der Waals surface area contributed by atoms with Gasteiger partial charge >= 0.3 is 0 Å². The van der Waals surface area contributed by atoms with Crippen molar-refractivity contribution in [3.05, 3.63) is 0 Å². The topological polar surface area (TPSA) is 43.3 Å². The molecule has 1 atom stereocenters. The summed E-state index contributed by atoms with van der Waals surface area (Å²) >= 11 is 0. The van der Waals surface area contributed by atoms with Crippen LogP contribution in [0.3, 0.4) is 0 Å². The summed E-state index contributed by atoms with van der Waals surface area (Å²) in [6.07, 6.45) is 8.96. The van der Waals surface area contributed by atoms with Crippen LogP contribution in [-0.4, -0.2) is 42.2 Å². The molecule has 0 spiro atoms. The minimum Gasteiger partial charge on any atom is -0.808 e. The van der Waals surface area contributed by atoms with Gasteiger partial charge in [0.2, 0.25) is 0 Å². The Labute approximate surface area is 128 Å². The quantitative estimate of drug-likeness (QED) is 0.357. The summed E-state index contributed by atoms with van der Waals surface area (Å²) in [6.45, 7) is 12.7.